The van der Waals surface area contributed by atoms with Gasteiger partial charge >= 0.3 is 0 Å². The van der Waals surface area contributed by atoms with Gasteiger partial charge in [0.15, 0.2) is 11.5 Å². The number of methoxy groups -OCH3 is 1. The standard InChI is InChI=1S/C33H34FIN2O4S/c1-33(2,3)22-11-12-24-28(16-22)42-32(29(24)31(38)36-18-23-9-7-13-40-23)37-17-20-14-26(35)30(27(15-20)39-4)41-19-21-8-5-6-10-25(21)34/h5-10,13-15,17,22H,11-12,16,18-19H2,1-4H3,(H,36,38)/t22-/m1/s1. The van der Waals surface area contributed by atoms with Crippen LogP contribution in [0, 0.1) is 20.7 Å². The van der Waals surface area contributed by atoms with E-state index in [4.69, 9.17) is 18.9 Å². The minimum absolute atomic E-state index is 0.0826. The third kappa shape index (κ3) is 6.89. The van der Waals surface area contributed by atoms with E-state index in [1.807, 2.05) is 24.3 Å². The minimum Gasteiger partial charge on any atom is -0.493 e. The molecule has 1 aliphatic rings. The Labute approximate surface area is 263 Å². The molecular weight excluding hydrogens is 666 g/mol. The summed E-state index contributed by atoms with van der Waals surface area (Å²) in [5, 5.41) is 3.71. The number of carbonyl (C=O) groups is 1. The smallest absolute Gasteiger partial charge is 0.255 e. The second-order valence-corrected chi connectivity index (χ2v) is 13.7. The van der Waals surface area contributed by atoms with E-state index in [0.717, 1.165) is 34.0 Å². The molecule has 1 amide bonds. The average molecular weight is 701 g/mol. The Morgan fingerprint density at radius 3 is 2.76 bits per heavy atom. The van der Waals surface area contributed by atoms with Gasteiger partial charge in [-0.05, 0) is 94.6 Å². The van der Waals surface area contributed by atoms with Crippen molar-refractivity contribution < 1.29 is 23.1 Å². The fourth-order valence-electron chi connectivity index (χ4n) is 5.16. The summed E-state index contributed by atoms with van der Waals surface area (Å²) in [5.41, 5.74) is 3.21. The maximum Gasteiger partial charge on any atom is 0.255 e. The fourth-order valence-corrected chi connectivity index (χ4v) is 7.21. The minimum atomic E-state index is -0.313. The molecule has 0 radical (unpaired) electrons. The Hall–Kier alpha value is -3.18. The van der Waals surface area contributed by atoms with Gasteiger partial charge in [0.05, 0.1) is 29.1 Å². The van der Waals surface area contributed by atoms with Crippen LogP contribution in [0.5, 0.6) is 11.5 Å². The summed E-state index contributed by atoms with van der Waals surface area (Å²) in [6.07, 6.45) is 6.19. The summed E-state index contributed by atoms with van der Waals surface area (Å²) < 4.78 is 31.9. The van der Waals surface area contributed by atoms with E-state index in [-0.39, 0.29) is 23.7 Å². The highest BCUT2D eigenvalue weighted by Crippen LogP contribution is 2.45. The Bertz CT molecular complexity index is 1590. The quantitative estimate of drug-likeness (QED) is 0.140. The summed E-state index contributed by atoms with van der Waals surface area (Å²) in [6, 6.07) is 14.0. The summed E-state index contributed by atoms with van der Waals surface area (Å²) in [4.78, 5) is 19.6. The summed E-state index contributed by atoms with van der Waals surface area (Å²) in [6.45, 7) is 7.24. The highest BCUT2D eigenvalue weighted by atomic mass is 127. The van der Waals surface area contributed by atoms with E-state index in [2.05, 4.69) is 48.7 Å². The van der Waals surface area contributed by atoms with Crippen molar-refractivity contribution in [2.75, 3.05) is 7.11 Å². The highest BCUT2D eigenvalue weighted by molar-refractivity contribution is 14.1. The lowest BCUT2D eigenvalue weighted by Gasteiger charge is -2.33. The van der Waals surface area contributed by atoms with Crippen LogP contribution >= 0.6 is 33.9 Å². The number of ether oxygens (including phenoxy) is 2. The number of thiophene rings is 1. The van der Waals surface area contributed by atoms with E-state index in [1.54, 1.807) is 49.1 Å². The zero-order valence-corrected chi connectivity index (χ0v) is 27.1. The summed E-state index contributed by atoms with van der Waals surface area (Å²) in [5.74, 6) is 1.85. The van der Waals surface area contributed by atoms with Crippen LogP contribution in [-0.2, 0) is 26.0 Å². The number of halogens is 2. The van der Waals surface area contributed by atoms with Gasteiger partial charge in [0.1, 0.15) is 23.2 Å². The molecule has 1 atom stereocenters. The van der Waals surface area contributed by atoms with Crippen molar-refractivity contribution >= 4 is 51.1 Å². The molecule has 5 rings (SSSR count). The summed E-state index contributed by atoms with van der Waals surface area (Å²) >= 11 is 3.78. The first-order chi connectivity index (χ1) is 20.1. The van der Waals surface area contributed by atoms with Crippen LogP contribution in [0.3, 0.4) is 0 Å². The molecule has 0 saturated heterocycles. The number of carbonyl (C=O) groups excluding carboxylic acids is 1. The predicted octanol–water partition coefficient (Wildman–Crippen LogP) is 8.50. The lowest BCUT2D eigenvalue weighted by molar-refractivity contribution is 0.0947. The highest BCUT2D eigenvalue weighted by Gasteiger charge is 2.33. The molecule has 9 heteroatoms. The van der Waals surface area contributed by atoms with Gasteiger partial charge in [-0.3, -0.25) is 4.79 Å². The van der Waals surface area contributed by atoms with Gasteiger partial charge in [0.25, 0.3) is 5.91 Å². The number of fused-ring (bicyclic) bond motifs is 1. The van der Waals surface area contributed by atoms with Crippen molar-refractivity contribution in [3.8, 4) is 11.5 Å². The first-order valence-electron chi connectivity index (χ1n) is 13.9. The topological polar surface area (TPSA) is 73.1 Å². The van der Waals surface area contributed by atoms with Crippen LogP contribution < -0.4 is 14.8 Å². The van der Waals surface area contributed by atoms with Crippen LogP contribution in [0.4, 0.5) is 9.39 Å². The molecule has 220 valence electrons. The number of rotatable bonds is 9. The molecule has 1 N–H and O–H groups in total. The molecule has 6 nitrogen and oxygen atoms in total. The number of nitrogens with one attached hydrogen (secondary N) is 1. The van der Waals surface area contributed by atoms with Gasteiger partial charge in [0, 0.05) is 16.7 Å². The van der Waals surface area contributed by atoms with Crippen molar-refractivity contribution in [3.63, 3.8) is 0 Å². The Morgan fingerprint density at radius 2 is 2.05 bits per heavy atom. The van der Waals surface area contributed by atoms with Crippen molar-refractivity contribution in [2.24, 2.45) is 16.3 Å². The van der Waals surface area contributed by atoms with Crippen molar-refractivity contribution in [1.29, 1.82) is 0 Å². The Morgan fingerprint density at radius 1 is 1.24 bits per heavy atom. The van der Waals surface area contributed by atoms with Gasteiger partial charge in [-0.1, -0.05) is 39.0 Å². The molecule has 2 aromatic heterocycles. The zero-order valence-electron chi connectivity index (χ0n) is 24.1. The summed E-state index contributed by atoms with van der Waals surface area (Å²) in [7, 11) is 1.57. The average Bonchev–Trinajstić information content (AvgIpc) is 3.61. The third-order valence-corrected chi connectivity index (χ3v) is 9.58. The first kappa shape index (κ1) is 30.3. The van der Waals surface area contributed by atoms with Crippen LogP contribution in [0.1, 0.15) is 64.9 Å². The zero-order chi connectivity index (χ0) is 29.9. The van der Waals surface area contributed by atoms with E-state index < -0.39 is 0 Å². The van der Waals surface area contributed by atoms with E-state index in [9.17, 15) is 9.18 Å². The molecule has 0 aliphatic heterocycles. The van der Waals surface area contributed by atoms with Crippen molar-refractivity contribution in [1.82, 2.24) is 5.32 Å². The van der Waals surface area contributed by atoms with Crippen molar-refractivity contribution in [2.45, 2.75) is 53.2 Å². The molecule has 0 fully saturated rings. The molecule has 4 aromatic rings. The van der Waals surface area contributed by atoms with Gasteiger partial charge in [-0.25, -0.2) is 9.38 Å². The number of furan rings is 1. The molecule has 0 bridgehead atoms. The van der Waals surface area contributed by atoms with Gasteiger partial charge < -0.3 is 19.2 Å². The third-order valence-electron chi connectivity index (χ3n) is 7.61. The monoisotopic (exact) mass is 700 g/mol. The molecule has 2 heterocycles. The van der Waals surface area contributed by atoms with E-state index in [0.29, 0.717) is 45.8 Å². The Kier molecular flexibility index (Phi) is 9.37. The molecule has 0 spiro atoms. The Balaban J connectivity index is 1.42. The lowest BCUT2D eigenvalue weighted by atomic mass is 9.72. The largest absolute Gasteiger partial charge is 0.493 e. The molecule has 1 aliphatic carbocycles. The van der Waals surface area contributed by atoms with Gasteiger partial charge in [-0.15, -0.1) is 11.3 Å². The van der Waals surface area contributed by atoms with Crippen LogP contribution in [-0.4, -0.2) is 19.2 Å². The number of benzene rings is 2. The van der Waals surface area contributed by atoms with E-state index >= 15 is 0 Å². The number of nitrogens with zero attached hydrogens (tertiary/aromatic N) is 1. The fraction of sp³-hybridized carbons (Fsp3) is 0.333. The van der Waals surface area contributed by atoms with Crippen molar-refractivity contribution in [3.05, 3.63) is 97.1 Å². The SMILES string of the molecule is COc1cc(C=Nc2sc3c(c2C(=O)NCc2ccco2)CC[C@@H](C(C)(C)C)C3)cc(I)c1OCc1ccccc1F. The lowest BCUT2D eigenvalue weighted by Crippen LogP contribution is -2.28. The number of hydrogen-bond donors (Lipinski definition) is 1. The van der Waals surface area contributed by atoms with Crippen LogP contribution in [0.15, 0.2) is 64.2 Å². The number of aliphatic imine (C=N–C) groups is 1. The molecule has 42 heavy (non-hydrogen) atoms. The number of hydrogen-bond acceptors (Lipinski definition) is 6. The first-order valence-corrected chi connectivity index (χ1v) is 15.8. The normalized spacial score (nSPS) is 15.0. The number of amides is 1. The van der Waals surface area contributed by atoms with Gasteiger partial charge in [-0.2, -0.15) is 0 Å². The van der Waals surface area contributed by atoms with Crippen LogP contribution in [0.2, 0.25) is 0 Å². The molecule has 0 unspecified atom stereocenters. The van der Waals surface area contributed by atoms with Crippen LogP contribution in [0.25, 0.3) is 0 Å². The predicted molar refractivity (Wildman–Crippen MR) is 173 cm³/mol. The molecule has 0 saturated carbocycles. The maximum atomic E-state index is 14.1. The molecular formula is C33H34FIN2O4S. The second kappa shape index (κ2) is 13.0. The van der Waals surface area contributed by atoms with Gasteiger partial charge in [0.2, 0.25) is 0 Å². The molecule has 2 aromatic carbocycles. The second-order valence-electron chi connectivity index (χ2n) is 11.4. The van der Waals surface area contributed by atoms with E-state index in [1.165, 1.54) is 10.9 Å². The maximum absolute atomic E-state index is 14.1.